The summed E-state index contributed by atoms with van der Waals surface area (Å²) in [5, 5.41) is 27.6. The SMILES string of the molecule is CN1C(=O)C(C2(O)CN(C(c3ccccc3)c3ccccc3)C2)[C@@](C)(c2cc(-c3cccc(C#N)c3)cs2)N=C1N.CN1C(=O)C[C@@](C)(c2cccc(-c3cccc(C(=O)N4CCOCC4)c3)c2)N=C1N.CN1C(=O)[C@@H](c2ccc(C3CC3)cc2)[C@@](C)(c2cc(-c3ccccc3F)cs2)N=C1N.Cc1cncc(-c2csc([C@@]3(C)N=C(N)N(C)C(=O)C3c3ccc(C4CC4)cc3)c2)c1. The molecule has 0 radical (unpaired) electrons. The largest absolute Gasteiger partial charge is 0.386 e. The van der Waals surface area contributed by atoms with Crippen molar-refractivity contribution in [2.75, 3.05) is 67.6 Å². The monoisotopic (exact) mass is 1830 g/mol. The van der Waals surface area contributed by atoms with Crippen LogP contribution in [0, 0.1) is 30.0 Å². The third-order valence-corrected chi connectivity index (χ3v) is 30.5. The van der Waals surface area contributed by atoms with Crippen molar-refractivity contribution >= 4 is 87.4 Å². The molecule has 6 aliphatic heterocycles. The number of carbonyl (C=O) groups excluding carboxylic acids is 5. The van der Waals surface area contributed by atoms with Gasteiger partial charge in [-0.25, -0.2) is 24.4 Å². The van der Waals surface area contributed by atoms with Gasteiger partial charge in [0.1, 0.15) is 28.0 Å². The van der Waals surface area contributed by atoms with Gasteiger partial charge in [0.25, 0.3) is 5.91 Å². The molecule has 12 aromatic rings. The summed E-state index contributed by atoms with van der Waals surface area (Å²) in [5.41, 5.74) is 37.1. The number of hydrogen-bond acceptors (Lipinski definition) is 21. The van der Waals surface area contributed by atoms with E-state index in [9.17, 15) is 38.7 Å². The fourth-order valence-electron chi connectivity index (χ4n) is 19.0. The number of benzene rings is 8. The highest BCUT2D eigenvalue weighted by molar-refractivity contribution is 7.11. The van der Waals surface area contributed by atoms with Crippen molar-refractivity contribution in [3.63, 3.8) is 0 Å². The van der Waals surface area contributed by atoms with E-state index < -0.39 is 45.5 Å². The van der Waals surface area contributed by atoms with E-state index >= 15 is 0 Å². The van der Waals surface area contributed by atoms with Crippen molar-refractivity contribution in [1.29, 1.82) is 5.26 Å². The number of pyridine rings is 1. The number of aliphatic imine (C=N–C) groups is 4. The molecule has 20 rings (SSSR count). The maximum absolute atomic E-state index is 14.3. The van der Waals surface area contributed by atoms with Gasteiger partial charge in [0.2, 0.25) is 23.6 Å². The van der Waals surface area contributed by atoms with Crippen molar-refractivity contribution in [1.82, 2.24) is 34.4 Å². The average molecular weight is 1830 g/mol. The van der Waals surface area contributed by atoms with E-state index in [0.29, 0.717) is 67.9 Å². The standard InChI is InChI=1S/C33H31N5O2S.C25H24FN3OS.C25H26N4OS.C23H26N4O3/c1-32(27-17-26(19-41-27)25-15-9-10-22(16-25)18-34)29(30(39)37(2)31(35)36-32)33(40)20-38(21-33)28(23-11-5-3-6-12-23)24-13-7-4-8-14-24;1-25(21-13-18(14-31-21)19-5-3-4-6-20(19)26)22(23(30)29(2)24(27)28-25)17-11-9-16(10-12-17)15-7-8-15;1-15-10-19(13-27-12-15)20-11-21(31-14-20)25(2)22(23(30)29(3)24(26)28-25)18-8-6-17(7-9-18)16-4-5-16;1-23(15-20(28)26(2)22(24)25-23)19-8-4-6-17(14-19)16-5-3-7-18(13-16)21(29)27-9-11-30-12-10-27/h3-17,19,28-29,40H,20-21H2,1-2H3,(H2,35,36);3-6,9-15,22H,7-8H2,1-2H3,(H2,27,28);6-14,16,22H,4-5H2,1-3H3,(H2,26,28);3-8,13-14H,9-12,15H2,1-2H3,(H2,24,25)/t29?,32-;22-,25-;22?,25-;23-/m1110/s1. The molecule has 2 unspecified atom stereocenters. The predicted octanol–water partition coefficient (Wildman–Crippen LogP) is 17.0. The van der Waals surface area contributed by atoms with Crippen LogP contribution >= 0.6 is 34.0 Å². The number of hydrogen-bond donors (Lipinski definition) is 5. The number of likely N-dealkylation sites (N-methyl/N-ethyl adjacent to an activating group) is 2. The van der Waals surface area contributed by atoms with Gasteiger partial charge >= 0.3 is 0 Å². The Bertz CT molecular complexity index is 6550. The molecule has 2 saturated carbocycles. The first-order valence-corrected chi connectivity index (χ1v) is 47.3. The van der Waals surface area contributed by atoms with E-state index in [4.69, 9.17) is 42.6 Å². The molecule has 4 aromatic heterocycles. The van der Waals surface area contributed by atoms with Gasteiger partial charge in [-0.2, -0.15) is 5.26 Å². The summed E-state index contributed by atoms with van der Waals surface area (Å²) < 4.78 is 19.7. The van der Waals surface area contributed by atoms with Crippen LogP contribution in [-0.4, -0.2) is 166 Å². The van der Waals surface area contributed by atoms with E-state index in [1.165, 1.54) is 85.1 Å². The Morgan fingerprint density at radius 2 is 0.955 bits per heavy atom. The Hall–Kier alpha value is -13.5. The number of halogens is 1. The van der Waals surface area contributed by atoms with E-state index in [2.05, 4.69) is 99.1 Å². The molecule has 9 N–H and O–H groups in total. The molecule has 0 bridgehead atoms. The normalized spacial score (nSPS) is 22.9. The first kappa shape index (κ1) is 91.4. The van der Waals surface area contributed by atoms with Crippen molar-refractivity contribution in [3.8, 4) is 50.6 Å². The summed E-state index contributed by atoms with van der Waals surface area (Å²) in [4.78, 5) is 102. The molecule has 0 spiro atoms. The van der Waals surface area contributed by atoms with Gasteiger partial charge in [0.15, 0.2) is 23.8 Å². The topological polar surface area (TPSA) is 324 Å². The minimum Gasteiger partial charge on any atom is -0.386 e. The van der Waals surface area contributed by atoms with E-state index in [-0.39, 0.29) is 71.7 Å². The fourth-order valence-corrected chi connectivity index (χ4v) is 22.2. The van der Waals surface area contributed by atoms with Gasteiger partial charge < -0.3 is 37.7 Å². The smallest absolute Gasteiger partial charge is 0.254 e. The molecular formula is C106H107FN16O7S3. The number of carbonyl (C=O) groups is 5. The highest BCUT2D eigenvalue weighted by Crippen LogP contribution is 2.54. The number of aliphatic hydroxyl groups is 1. The van der Waals surface area contributed by atoms with Crippen LogP contribution in [0.2, 0.25) is 0 Å². The number of rotatable bonds is 17. The molecule has 2 aliphatic carbocycles. The number of morpholine rings is 1. The molecule has 8 aromatic carbocycles. The molecule has 5 amide bonds. The number of nitriles is 1. The van der Waals surface area contributed by atoms with Crippen molar-refractivity contribution in [3.05, 3.63) is 335 Å². The lowest BCUT2D eigenvalue weighted by Gasteiger charge is -2.57. The summed E-state index contributed by atoms with van der Waals surface area (Å²) in [6.45, 7) is 12.8. The van der Waals surface area contributed by atoms with Crippen LogP contribution in [0.5, 0.6) is 0 Å². The summed E-state index contributed by atoms with van der Waals surface area (Å²) in [6, 6.07) is 77.3. The van der Waals surface area contributed by atoms with Crippen LogP contribution in [-0.2, 0) is 46.1 Å². The van der Waals surface area contributed by atoms with Gasteiger partial charge in [-0.3, -0.25) is 53.5 Å². The third kappa shape index (κ3) is 18.4. The Morgan fingerprint density at radius 1 is 0.496 bits per heavy atom. The number of amides is 5. The van der Waals surface area contributed by atoms with Gasteiger partial charge in [0, 0.05) is 98.1 Å². The predicted molar refractivity (Wildman–Crippen MR) is 524 cm³/mol. The number of nitrogens with zero attached hydrogens (tertiary/aromatic N) is 12. The van der Waals surface area contributed by atoms with Crippen LogP contribution in [0.25, 0.3) is 44.5 Å². The van der Waals surface area contributed by atoms with Crippen molar-refractivity contribution in [2.24, 2.45) is 48.8 Å². The van der Waals surface area contributed by atoms with Crippen LogP contribution in [0.15, 0.2) is 279 Å². The molecule has 10 heterocycles. The molecule has 27 heteroatoms. The number of ether oxygens (including phenoxy) is 1. The molecule has 678 valence electrons. The number of likely N-dealkylation sites (tertiary alicyclic amines) is 1. The third-order valence-electron chi connectivity index (χ3n) is 27.0. The van der Waals surface area contributed by atoms with E-state index in [0.717, 1.165) is 87.0 Å². The van der Waals surface area contributed by atoms with Crippen molar-refractivity contribution < 1.29 is 38.2 Å². The minimum absolute atomic E-state index is 0.0153. The lowest BCUT2D eigenvalue weighted by Crippen LogP contribution is -2.73. The lowest BCUT2D eigenvalue weighted by atomic mass is 9.67. The highest BCUT2D eigenvalue weighted by atomic mass is 32.1. The molecule has 8 aliphatic rings. The number of aryl methyl sites for hydroxylation is 1. The van der Waals surface area contributed by atoms with E-state index in [1.807, 2.05) is 196 Å². The Morgan fingerprint density at radius 3 is 1.48 bits per heavy atom. The van der Waals surface area contributed by atoms with Crippen LogP contribution in [0.1, 0.15) is 165 Å². The lowest BCUT2D eigenvalue weighted by molar-refractivity contribution is -0.180. The Labute approximate surface area is 786 Å². The van der Waals surface area contributed by atoms with E-state index in [1.54, 1.807) is 57.7 Å². The summed E-state index contributed by atoms with van der Waals surface area (Å²) in [7, 11) is 6.60. The fraction of sp³-hybridized carbons (Fsp3) is 0.292. The van der Waals surface area contributed by atoms with Crippen molar-refractivity contribution in [2.45, 2.75) is 124 Å². The van der Waals surface area contributed by atoms with Gasteiger partial charge in [0.05, 0.1) is 60.6 Å². The molecule has 7 atom stereocenters. The zero-order valence-electron chi connectivity index (χ0n) is 75.7. The summed E-state index contributed by atoms with van der Waals surface area (Å²) in [6.07, 6.45) is 8.95. The quantitative estimate of drug-likeness (QED) is 0.0566. The number of nitrogens with two attached hydrogens (primary N) is 4. The first-order chi connectivity index (χ1) is 63.8. The first-order valence-electron chi connectivity index (χ1n) is 44.6. The second-order valence-electron chi connectivity index (χ2n) is 36.4. The van der Waals surface area contributed by atoms with Gasteiger partial charge in [-0.15, -0.1) is 34.0 Å². The molecular weight excluding hydrogens is 1720 g/mol. The molecule has 23 nitrogen and oxygen atoms in total. The Kier molecular flexibility index (Phi) is 25.6. The number of thiophene rings is 3. The van der Waals surface area contributed by atoms with Gasteiger partial charge in [-0.05, 0) is 227 Å². The van der Waals surface area contributed by atoms with Crippen LogP contribution < -0.4 is 22.9 Å². The average Bonchev–Trinajstić information content (AvgIpc) is 1.53. The molecule has 133 heavy (non-hydrogen) atoms. The second kappa shape index (κ2) is 37.3. The highest BCUT2D eigenvalue weighted by Gasteiger charge is 2.63. The number of β-amino-alcohol motifs (C(OH)–C–C–N with tert-alkyl or cyclic N) is 1. The molecule has 4 fully saturated rings. The second-order valence-corrected chi connectivity index (χ2v) is 39.2. The summed E-state index contributed by atoms with van der Waals surface area (Å²) >= 11 is 4.58. The zero-order valence-corrected chi connectivity index (χ0v) is 78.2. The summed E-state index contributed by atoms with van der Waals surface area (Å²) in [5.74, 6) is -0.333. The minimum atomic E-state index is -1.32. The molecule has 2 saturated heterocycles. The van der Waals surface area contributed by atoms with Crippen LogP contribution in [0.3, 0.4) is 0 Å². The number of aromatic nitrogens is 1. The maximum Gasteiger partial charge on any atom is 0.254 e. The van der Waals surface area contributed by atoms with Crippen LogP contribution in [0.4, 0.5) is 4.39 Å². The number of guanidine groups is 4. The maximum atomic E-state index is 14.3. The van der Waals surface area contributed by atoms with Gasteiger partial charge in [-0.1, -0.05) is 170 Å². The zero-order chi connectivity index (χ0) is 93.6. The Balaban J connectivity index is 0.000000125.